The highest BCUT2D eigenvalue weighted by molar-refractivity contribution is 6.30. The van der Waals surface area contributed by atoms with E-state index in [0.29, 0.717) is 11.4 Å². The molecule has 6 nitrogen and oxygen atoms in total. The van der Waals surface area contributed by atoms with E-state index in [-0.39, 0.29) is 37.2 Å². The van der Waals surface area contributed by atoms with Crippen LogP contribution < -0.4 is 5.32 Å². The van der Waals surface area contributed by atoms with Gasteiger partial charge in [-0.15, -0.1) is 0 Å². The van der Waals surface area contributed by atoms with Gasteiger partial charge in [-0.2, -0.15) is 0 Å². The van der Waals surface area contributed by atoms with Crippen molar-refractivity contribution in [3.63, 3.8) is 0 Å². The number of rotatable bonds is 9. The zero-order valence-electron chi connectivity index (χ0n) is 14.8. The number of carboxylic acids is 1. The second kappa shape index (κ2) is 10.0. The summed E-state index contributed by atoms with van der Waals surface area (Å²) in [6.07, 6.45) is 0.935. The number of hydrogen-bond acceptors (Lipinski definition) is 3. The number of halogens is 1. The summed E-state index contributed by atoms with van der Waals surface area (Å²) >= 11 is 5.86. The van der Waals surface area contributed by atoms with Gasteiger partial charge in [0.25, 0.3) is 0 Å². The van der Waals surface area contributed by atoms with E-state index in [2.05, 4.69) is 5.32 Å². The number of nitrogens with zero attached hydrogens (tertiary/aromatic N) is 1. The number of carbonyl (C=O) groups excluding carboxylic acids is 2. The summed E-state index contributed by atoms with van der Waals surface area (Å²) in [5.74, 6) is -1.47. The molecule has 0 bridgehead atoms. The van der Waals surface area contributed by atoms with Crippen LogP contribution in [0.15, 0.2) is 24.3 Å². The number of hydrogen-bond donors (Lipinski definition) is 2. The van der Waals surface area contributed by atoms with Gasteiger partial charge in [0.2, 0.25) is 11.8 Å². The smallest absolute Gasteiger partial charge is 0.326 e. The molecule has 1 aromatic rings. The van der Waals surface area contributed by atoms with Gasteiger partial charge < -0.3 is 15.3 Å². The first kappa shape index (κ1) is 21.0. The molecule has 0 aliphatic heterocycles. The first-order valence-electron chi connectivity index (χ1n) is 8.21. The van der Waals surface area contributed by atoms with Gasteiger partial charge in [0.15, 0.2) is 0 Å². The van der Waals surface area contributed by atoms with Crippen molar-refractivity contribution in [2.45, 2.75) is 39.7 Å². The second-order valence-electron chi connectivity index (χ2n) is 6.22. The van der Waals surface area contributed by atoms with Crippen LogP contribution >= 0.6 is 11.6 Å². The van der Waals surface area contributed by atoms with Crippen molar-refractivity contribution in [3.05, 3.63) is 34.9 Å². The van der Waals surface area contributed by atoms with Crippen LogP contribution in [0, 0.1) is 5.92 Å². The summed E-state index contributed by atoms with van der Waals surface area (Å²) in [6.45, 7) is 5.19. The highest BCUT2D eigenvalue weighted by Crippen LogP contribution is 2.17. The van der Waals surface area contributed by atoms with Crippen LogP contribution in [0.25, 0.3) is 0 Å². The van der Waals surface area contributed by atoms with Crippen molar-refractivity contribution in [3.8, 4) is 0 Å². The largest absolute Gasteiger partial charge is 0.480 e. The Morgan fingerprint density at radius 2 is 1.80 bits per heavy atom. The fourth-order valence-electron chi connectivity index (χ4n) is 2.53. The maximum atomic E-state index is 12.5. The van der Waals surface area contributed by atoms with Gasteiger partial charge in [-0.05, 0) is 37.0 Å². The van der Waals surface area contributed by atoms with E-state index in [1.165, 1.54) is 18.7 Å². The first-order chi connectivity index (χ1) is 11.7. The van der Waals surface area contributed by atoms with E-state index in [4.69, 9.17) is 11.6 Å². The van der Waals surface area contributed by atoms with E-state index < -0.39 is 12.0 Å². The molecule has 0 saturated carbocycles. The van der Waals surface area contributed by atoms with E-state index in [9.17, 15) is 19.5 Å². The molecule has 0 aliphatic rings. The minimum absolute atomic E-state index is 0.0536. The number of nitrogens with one attached hydrogen (secondary N) is 1. The third kappa shape index (κ3) is 7.56. The summed E-state index contributed by atoms with van der Waals surface area (Å²) in [7, 11) is 0. The predicted molar refractivity (Wildman–Crippen MR) is 96.4 cm³/mol. The Hall–Kier alpha value is -2.08. The van der Waals surface area contributed by atoms with Gasteiger partial charge in [-0.3, -0.25) is 9.59 Å². The van der Waals surface area contributed by atoms with Crippen LogP contribution in [-0.2, 0) is 20.8 Å². The lowest BCUT2D eigenvalue weighted by Crippen LogP contribution is -2.47. The summed E-state index contributed by atoms with van der Waals surface area (Å²) < 4.78 is 0. The Morgan fingerprint density at radius 1 is 1.20 bits per heavy atom. The molecule has 0 aliphatic carbocycles. The van der Waals surface area contributed by atoms with E-state index in [0.717, 1.165) is 5.56 Å². The number of benzene rings is 1. The lowest BCUT2D eigenvalue weighted by Gasteiger charge is -2.28. The Bertz CT molecular complexity index is 604. The Kier molecular flexibility index (Phi) is 8.41. The average Bonchev–Trinajstić information content (AvgIpc) is 2.52. The quantitative estimate of drug-likeness (QED) is 0.700. The predicted octanol–water partition coefficient (Wildman–Crippen LogP) is 2.35. The van der Waals surface area contributed by atoms with Gasteiger partial charge in [-0.1, -0.05) is 30.7 Å². The zero-order chi connectivity index (χ0) is 19.0. The van der Waals surface area contributed by atoms with Crippen molar-refractivity contribution < 1.29 is 19.5 Å². The standard InChI is InChI=1S/C18H25ClN2O4/c1-12(10-15-4-6-16(19)7-5-15)11-17(23)21(13(2)18(24)25)9-8-20-14(3)22/h4-7,12-13H,8-11H2,1-3H3,(H,20,22)(H,24,25). The highest BCUT2D eigenvalue weighted by Gasteiger charge is 2.26. The molecule has 2 atom stereocenters. The molecule has 2 N–H and O–H groups in total. The molecule has 0 fully saturated rings. The third-order valence-electron chi connectivity index (χ3n) is 3.89. The molecule has 0 aromatic heterocycles. The summed E-state index contributed by atoms with van der Waals surface area (Å²) in [5, 5.41) is 12.5. The molecule has 2 unspecified atom stereocenters. The van der Waals surface area contributed by atoms with Crippen molar-refractivity contribution >= 4 is 29.4 Å². The fourth-order valence-corrected chi connectivity index (χ4v) is 2.66. The van der Waals surface area contributed by atoms with Crippen molar-refractivity contribution in [2.75, 3.05) is 13.1 Å². The average molecular weight is 369 g/mol. The maximum absolute atomic E-state index is 12.5. The number of carboxylic acid groups (broad SMARTS) is 1. The van der Waals surface area contributed by atoms with Gasteiger partial charge >= 0.3 is 5.97 Å². The van der Waals surface area contributed by atoms with Crippen LogP contribution in [0.2, 0.25) is 5.02 Å². The van der Waals surface area contributed by atoms with Gasteiger partial charge in [0.05, 0.1) is 0 Å². The normalized spacial score (nSPS) is 13.0. The van der Waals surface area contributed by atoms with E-state index in [1.807, 2.05) is 19.1 Å². The maximum Gasteiger partial charge on any atom is 0.326 e. The number of carbonyl (C=O) groups is 3. The molecule has 2 amide bonds. The molecule has 138 valence electrons. The molecule has 0 spiro atoms. The monoisotopic (exact) mass is 368 g/mol. The number of aliphatic carboxylic acids is 1. The molecule has 0 saturated heterocycles. The van der Waals surface area contributed by atoms with Gasteiger partial charge in [-0.25, -0.2) is 4.79 Å². The lowest BCUT2D eigenvalue weighted by atomic mass is 9.97. The minimum Gasteiger partial charge on any atom is -0.480 e. The Morgan fingerprint density at radius 3 is 2.32 bits per heavy atom. The Labute approximate surface area is 153 Å². The molecule has 1 rings (SSSR count). The zero-order valence-corrected chi connectivity index (χ0v) is 15.5. The number of amides is 2. The molecular weight excluding hydrogens is 344 g/mol. The summed E-state index contributed by atoms with van der Waals surface area (Å²) in [6, 6.07) is 6.49. The van der Waals surface area contributed by atoms with Crippen LogP contribution in [0.4, 0.5) is 0 Å². The molecule has 1 aromatic carbocycles. The molecule has 0 heterocycles. The van der Waals surface area contributed by atoms with Gasteiger partial charge in [0, 0.05) is 31.5 Å². The summed E-state index contributed by atoms with van der Waals surface area (Å²) in [4.78, 5) is 36.1. The third-order valence-corrected chi connectivity index (χ3v) is 4.14. The first-order valence-corrected chi connectivity index (χ1v) is 8.59. The highest BCUT2D eigenvalue weighted by atomic mass is 35.5. The van der Waals surface area contributed by atoms with Crippen LogP contribution in [-0.4, -0.2) is 46.9 Å². The topological polar surface area (TPSA) is 86.7 Å². The van der Waals surface area contributed by atoms with Crippen LogP contribution in [0.3, 0.4) is 0 Å². The van der Waals surface area contributed by atoms with Crippen molar-refractivity contribution in [2.24, 2.45) is 5.92 Å². The van der Waals surface area contributed by atoms with E-state index in [1.54, 1.807) is 12.1 Å². The van der Waals surface area contributed by atoms with Gasteiger partial charge in [0.1, 0.15) is 6.04 Å². The Balaban J connectivity index is 2.66. The van der Waals surface area contributed by atoms with Crippen molar-refractivity contribution in [1.29, 1.82) is 0 Å². The molecule has 0 radical (unpaired) electrons. The minimum atomic E-state index is -1.07. The molecule has 25 heavy (non-hydrogen) atoms. The lowest BCUT2D eigenvalue weighted by molar-refractivity contribution is -0.149. The molecular formula is C18H25ClN2O4. The van der Waals surface area contributed by atoms with Crippen LogP contribution in [0.1, 0.15) is 32.8 Å². The summed E-state index contributed by atoms with van der Waals surface area (Å²) in [5.41, 5.74) is 1.07. The molecule has 7 heteroatoms. The van der Waals surface area contributed by atoms with Crippen molar-refractivity contribution in [1.82, 2.24) is 10.2 Å². The second-order valence-corrected chi connectivity index (χ2v) is 6.66. The van der Waals surface area contributed by atoms with Crippen LogP contribution in [0.5, 0.6) is 0 Å². The van der Waals surface area contributed by atoms with E-state index >= 15 is 0 Å². The fraction of sp³-hybridized carbons (Fsp3) is 0.500. The SMILES string of the molecule is CC(=O)NCCN(C(=O)CC(C)Cc1ccc(Cl)cc1)C(C)C(=O)O.